The molecular weight excluding hydrogens is 441 g/mol. The van der Waals surface area contributed by atoms with Crippen molar-refractivity contribution < 1.29 is 26.3 Å². The molecule has 0 saturated carbocycles. The van der Waals surface area contributed by atoms with Gasteiger partial charge in [0.05, 0.1) is 11.1 Å². The summed E-state index contributed by atoms with van der Waals surface area (Å²) in [7, 11) is 0. The molecule has 2 atom stereocenters. The van der Waals surface area contributed by atoms with E-state index < -0.39 is 23.5 Å². The molecule has 2 unspecified atom stereocenters. The molecule has 162 valence electrons. The van der Waals surface area contributed by atoms with E-state index in [-0.39, 0.29) is 55.1 Å². The predicted octanol–water partition coefficient (Wildman–Crippen LogP) is 5.76. The van der Waals surface area contributed by atoms with Crippen LogP contribution in [0.1, 0.15) is 34.7 Å². The fraction of sp³-hybridized carbons (Fsp3) is 0.368. The standard InChI is InChI=1S/C19H18F6N2.2ClH/c20-18(21,22)14-8-12(9-15(10-14)19(23,24)25)11-27-16-6-7-26-17(16)13-4-2-1-3-5-13;;/h1-5,8-10,16-17,26-27H,6-7,11H2;2*1H. The lowest BCUT2D eigenvalue weighted by Crippen LogP contribution is -2.34. The molecule has 1 heterocycles. The molecule has 1 aliphatic rings. The van der Waals surface area contributed by atoms with Crippen LogP contribution in [0.3, 0.4) is 0 Å². The Bertz CT molecular complexity index is 748. The van der Waals surface area contributed by atoms with E-state index in [9.17, 15) is 26.3 Å². The zero-order valence-corrected chi connectivity index (χ0v) is 16.6. The lowest BCUT2D eigenvalue weighted by Gasteiger charge is -2.22. The smallest absolute Gasteiger partial charge is 0.309 e. The molecule has 2 aromatic rings. The van der Waals surface area contributed by atoms with Gasteiger partial charge in [0.2, 0.25) is 0 Å². The van der Waals surface area contributed by atoms with Gasteiger partial charge in [-0.05, 0) is 42.3 Å². The summed E-state index contributed by atoms with van der Waals surface area (Å²) in [5.41, 5.74) is -1.61. The van der Waals surface area contributed by atoms with E-state index in [1.54, 1.807) is 0 Å². The van der Waals surface area contributed by atoms with Crippen molar-refractivity contribution in [3.63, 3.8) is 0 Å². The molecule has 0 aliphatic carbocycles. The Hall–Kier alpha value is -1.48. The van der Waals surface area contributed by atoms with Crippen LogP contribution in [0.25, 0.3) is 0 Å². The average molecular weight is 461 g/mol. The highest BCUT2D eigenvalue weighted by Gasteiger charge is 2.37. The maximum atomic E-state index is 13.0. The Morgan fingerprint density at radius 3 is 1.93 bits per heavy atom. The van der Waals surface area contributed by atoms with Crippen molar-refractivity contribution in [3.8, 4) is 0 Å². The molecule has 10 heteroatoms. The molecule has 0 amide bonds. The molecule has 0 radical (unpaired) electrons. The largest absolute Gasteiger partial charge is 0.416 e. The average Bonchev–Trinajstić information content (AvgIpc) is 3.07. The molecule has 0 spiro atoms. The topological polar surface area (TPSA) is 24.1 Å². The van der Waals surface area contributed by atoms with Crippen LogP contribution in [0.5, 0.6) is 0 Å². The molecule has 1 fully saturated rings. The molecule has 2 aromatic carbocycles. The summed E-state index contributed by atoms with van der Waals surface area (Å²) < 4.78 is 77.8. The fourth-order valence-electron chi connectivity index (χ4n) is 3.30. The first-order valence-corrected chi connectivity index (χ1v) is 8.44. The lowest BCUT2D eigenvalue weighted by atomic mass is 10.00. The van der Waals surface area contributed by atoms with Gasteiger partial charge in [-0.3, -0.25) is 0 Å². The van der Waals surface area contributed by atoms with Gasteiger partial charge in [-0.1, -0.05) is 30.3 Å². The summed E-state index contributed by atoms with van der Waals surface area (Å²) in [4.78, 5) is 0. The number of benzene rings is 2. The van der Waals surface area contributed by atoms with Gasteiger partial charge in [0.25, 0.3) is 0 Å². The molecule has 0 aromatic heterocycles. The highest BCUT2D eigenvalue weighted by molar-refractivity contribution is 5.85. The van der Waals surface area contributed by atoms with Gasteiger partial charge in [-0.15, -0.1) is 24.8 Å². The third-order valence-corrected chi connectivity index (χ3v) is 4.60. The molecule has 0 bridgehead atoms. The monoisotopic (exact) mass is 460 g/mol. The van der Waals surface area contributed by atoms with Crippen molar-refractivity contribution >= 4 is 24.8 Å². The van der Waals surface area contributed by atoms with E-state index in [1.165, 1.54) is 0 Å². The van der Waals surface area contributed by atoms with Crippen LogP contribution in [0.15, 0.2) is 48.5 Å². The summed E-state index contributed by atoms with van der Waals surface area (Å²) in [6.07, 6.45) is -8.94. The van der Waals surface area contributed by atoms with Crippen LogP contribution in [0.2, 0.25) is 0 Å². The SMILES string of the molecule is Cl.Cl.FC(F)(F)c1cc(CNC2CCNC2c2ccccc2)cc(C(F)(F)F)c1. The van der Waals surface area contributed by atoms with Crippen molar-refractivity contribution in [2.75, 3.05) is 6.54 Å². The van der Waals surface area contributed by atoms with Gasteiger partial charge in [0, 0.05) is 18.6 Å². The first-order valence-electron chi connectivity index (χ1n) is 8.44. The van der Waals surface area contributed by atoms with Gasteiger partial charge in [-0.2, -0.15) is 26.3 Å². The zero-order valence-electron chi connectivity index (χ0n) is 15.0. The van der Waals surface area contributed by atoms with Gasteiger partial charge >= 0.3 is 12.4 Å². The van der Waals surface area contributed by atoms with Crippen molar-refractivity contribution in [2.45, 2.75) is 37.4 Å². The quantitative estimate of drug-likeness (QED) is 0.566. The Labute approximate surface area is 176 Å². The summed E-state index contributed by atoms with van der Waals surface area (Å²) in [6, 6.07) is 11.1. The summed E-state index contributed by atoms with van der Waals surface area (Å²) in [5, 5.41) is 6.41. The maximum absolute atomic E-state index is 13.0. The second-order valence-corrected chi connectivity index (χ2v) is 6.53. The molecule has 29 heavy (non-hydrogen) atoms. The highest BCUT2D eigenvalue weighted by atomic mass is 35.5. The van der Waals surface area contributed by atoms with Crippen LogP contribution in [-0.2, 0) is 18.9 Å². The van der Waals surface area contributed by atoms with Crippen LogP contribution >= 0.6 is 24.8 Å². The number of nitrogens with one attached hydrogen (secondary N) is 2. The third-order valence-electron chi connectivity index (χ3n) is 4.60. The minimum absolute atomic E-state index is 0. The van der Waals surface area contributed by atoms with Crippen molar-refractivity contribution in [2.24, 2.45) is 0 Å². The number of hydrogen-bond acceptors (Lipinski definition) is 2. The van der Waals surface area contributed by atoms with Gasteiger partial charge in [0.15, 0.2) is 0 Å². The van der Waals surface area contributed by atoms with Crippen LogP contribution in [-0.4, -0.2) is 12.6 Å². The van der Waals surface area contributed by atoms with Crippen LogP contribution in [0.4, 0.5) is 26.3 Å². The number of rotatable bonds is 4. The number of alkyl halides is 6. The van der Waals surface area contributed by atoms with Crippen molar-refractivity contribution in [1.29, 1.82) is 0 Å². The summed E-state index contributed by atoms with van der Waals surface area (Å²) in [5.74, 6) is 0. The molecule has 1 aliphatic heterocycles. The van der Waals surface area contributed by atoms with Gasteiger partial charge < -0.3 is 10.6 Å². The summed E-state index contributed by atoms with van der Waals surface area (Å²) >= 11 is 0. The third kappa shape index (κ3) is 6.50. The first kappa shape index (κ1) is 25.6. The van der Waals surface area contributed by atoms with E-state index in [2.05, 4.69) is 10.6 Å². The zero-order chi connectivity index (χ0) is 19.7. The molecule has 1 saturated heterocycles. The Kier molecular flexibility index (Phi) is 8.83. The first-order chi connectivity index (χ1) is 12.6. The van der Waals surface area contributed by atoms with Crippen LogP contribution in [0, 0.1) is 0 Å². The second kappa shape index (κ2) is 10.0. The van der Waals surface area contributed by atoms with E-state index in [0.29, 0.717) is 6.54 Å². The number of hydrogen-bond donors (Lipinski definition) is 2. The van der Waals surface area contributed by atoms with Crippen LogP contribution < -0.4 is 10.6 Å². The molecule has 2 nitrogen and oxygen atoms in total. The molecule has 2 N–H and O–H groups in total. The Morgan fingerprint density at radius 1 is 0.862 bits per heavy atom. The summed E-state index contributed by atoms with van der Waals surface area (Å²) in [6.45, 7) is 0.635. The predicted molar refractivity (Wildman–Crippen MR) is 103 cm³/mol. The van der Waals surface area contributed by atoms with E-state index in [1.807, 2.05) is 30.3 Å². The maximum Gasteiger partial charge on any atom is 0.416 e. The van der Waals surface area contributed by atoms with Crippen molar-refractivity contribution in [3.05, 3.63) is 70.8 Å². The second-order valence-electron chi connectivity index (χ2n) is 6.53. The van der Waals surface area contributed by atoms with E-state index in [4.69, 9.17) is 0 Å². The lowest BCUT2D eigenvalue weighted by molar-refractivity contribution is -0.143. The van der Waals surface area contributed by atoms with Gasteiger partial charge in [-0.25, -0.2) is 0 Å². The minimum Gasteiger partial charge on any atom is -0.309 e. The Morgan fingerprint density at radius 2 is 1.41 bits per heavy atom. The van der Waals surface area contributed by atoms with Crippen molar-refractivity contribution in [1.82, 2.24) is 10.6 Å². The van der Waals surface area contributed by atoms with E-state index in [0.717, 1.165) is 24.1 Å². The minimum atomic E-state index is -4.84. The fourth-order valence-corrected chi connectivity index (χ4v) is 3.30. The Balaban J connectivity index is 0.00000210. The van der Waals surface area contributed by atoms with Gasteiger partial charge in [0.1, 0.15) is 0 Å². The normalized spacial score (nSPS) is 19.4. The number of halogens is 8. The molecule has 3 rings (SSSR count). The molecular formula is C19H20Cl2F6N2. The van der Waals surface area contributed by atoms with E-state index >= 15 is 0 Å². The highest BCUT2D eigenvalue weighted by Crippen LogP contribution is 2.36.